The van der Waals surface area contributed by atoms with Gasteiger partial charge in [0, 0.05) is 34.3 Å². The van der Waals surface area contributed by atoms with Crippen LogP contribution in [-0.4, -0.2) is 36.5 Å². The summed E-state index contributed by atoms with van der Waals surface area (Å²) in [6.45, 7) is 3.04. The fraction of sp³-hybridized carbons (Fsp3) is 0.323. The number of nitrogens with one attached hydrogen (secondary N) is 1. The van der Waals surface area contributed by atoms with Gasteiger partial charge in [-0.3, -0.25) is 4.79 Å². The molecule has 0 radical (unpaired) electrons. The summed E-state index contributed by atoms with van der Waals surface area (Å²) in [5.41, 5.74) is 3.28. The van der Waals surface area contributed by atoms with Crippen molar-refractivity contribution in [2.45, 2.75) is 51.2 Å². The summed E-state index contributed by atoms with van der Waals surface area (Å²) >= 11 is 8.29. The molecule has 6 heteroatoms. The molecule has 0 bridgehead atoms. The van der Waals surface area contributed by atoms with Gasteiger partial charge < -0.3 is 15.0 Å². The van der Waals surface area contributed by atoms with Gasteiger partial charge in [0.05, 0.1) is 11.6 Å². The van der Waals surface area contributed by atoms with Gasteiger partial charge in [0.1, 0.15) is 10.6 Å². The van der Waals surface area contributed by atoms with Gasteiger partial charge in [-0.15, -0.1) is 11.3 Å². The number of nitrogens with zero attached hydrogens (tertiary/aromatic N) is 1. The fourth-order valence-corrected chi connectivity index (χ4v) is 6.79. The van der Waals surface area contributed by atoms with Crippen molar-refractivity contribution in [3.8, 4) is 16.9 Å². The number of fused-ring (bicyclic) bond motifs is 1. The van der Waals surface area contributed by atoms with E-state index < -0.39 is 0 Å². The number of ether oxygens (including phenoxy) is 1. The molecule has 0 aliphatic heterocycles. The maximum absolute atomic E-state index is 14.2. The highest BCUT2D eigenvalue weighted by molar-refractivity contribution is 7.21. The Morgan fingerprint density at radius 3 is 2.43 bits per heavy atom. The SMILES string of the molecule is CCOc1ccc(-c2ccccc2)cc1CN(C(=O)c1sc2ccccc2c1Cl)C1CCC(NC)CC1. The number of halogens is 1. The van der Waals surface area contributed by atoms with Crippen molar-refractivity contribution in [1.82, 2.24) is 10.2 Å². The zero-order chi connectivity index (χ0) is 25.8. The van der Waals surface area contributed by atoms with E-state index >= 15 is 0 Å². The fourth-order valence-electron chi connectivity index (χ4n) is 5.32. The second-order valence-electron chi connectivity index (χ2n) is 9.59. The largest absolute Gasteiger partial charge is 0.494 e. The third kappa shape index (κ3) is 5.54. The van der Waals surface area contributed by atoms with Crippen molar-refractivity contribution >= 4 is 38.9 Å². The van der Waals surface area contributed by atoms with Crippen LogP contribution in [-0.2, 0) is 6.54 Å². The summed E-state index contributed by atoms with van der Waals surface area (Å²) in [6.07, 6.45) is 4.02. The van der Waals surface area contributed by atoms with Gasteiger partial charge in [0.2, 0.25) is 0 Å². The highest BCUT2D eigenvalue weighted by Gasteiger charge is 2.32. The summed E-state index contributed by atoms with van der Waals surface area (Å²) in [5.74, 6) is 0.831. The number of rotatable bonds is 8. The molecule has 0 atom stereocenters. The van der Waals surface area contributed by atoms with Crippen LogP contribution in [0.5, 0.6) is 5.75 Å². The maximum atomic E-state index is 14.2. The number of carbonyl (C=O) groups is 1. The quantitative estimate of drug-likeness (QED) is 0.252. The average molecular weight is 533 g/mol. The summed E-state index contributed by atoms with van der Waals surface area (Å²) < 4.78 is 7.07. The first-order valence-corrected chi connectivity index (χ1v) is 14.2. The Kier molecular flexibility index (Phi) is 8.14. The maximum Gasteiger partial charge on any atom is 0.266 e. The van der Waals surface area contributed by atoms with Gasteiger partial charge in [0.25, 0.3) is 5.91 Å². The van der Waals surface area contributed by atoms with Crippen LogP contribution in [0.1, 0.15) is 47.8 Å². The van der Waals surface area contributed by atoms with Crippen molar-refractivity contribution in [2.75, 3.05) is 13.7 Å². The van der Waals surface area contributed by atoms with Crippen LogP contribution < -0.4 is 10.1 Å². The third-order valence-electron chi connectivity index (χ3n) is 7.34. The lowest BCUT2D eigenvalue weighted by Gasteiger charge is -2.37. The van der Waals surface area contributed by atoms with Crippen LogP contribution in [0, 0.1) is 0 Å². The van der Waals surface area contributed by atoms with Crippen molar-refractivity contribution in [1.29, 1.82) is 0 Å². The summed E-state index contributed by atoms with van der Waals surface area (Å²) in [4.78, 5) is 16.9. The summed E-state index contributed by atoms with van der Waals surface area (Å²) in [5, 5.41) is 4.91. The molecule has 1 saturated carbocycles. The molecule has 1 amide bonds. The van der Waals surface area contributed by atoms with E-state index in [-0.39, 0.29) is 11.9 Å². The van der Waals surface area contributed by atoms with Crippen molar-refractivity contribution < 1.29 is 9.53 Å². The molecule has 4 nitrogen and oxygen atoms in total. The van der Waals surface area contributed by atoms with Gasteiger partial charge in [0.15, 0.2) is 0 Å². The van der Waals surface area contributed by atoms with E-state index in [2.05, 4.69) is 34.5 Å². The molecule has 1 fully saturated rings. The molecule has 4 aromatic rings. The second-order valence-corrected chi connectivity index (χ2v) is 11.0. The zero-order valence-corrected chi connectivity index (χ0v) is 22.9. The number of carbonyl (C=O) groups excluding carboxylic acids is 1. The van der Waals surface area contributed by atoms with E-state index in [9.17, 15) is 4.79 Å². The molecule has 3 aromatic carbocycles. The Balaban J connectivity index is 1.53. The monoisotopic (exact) mass is 532 g/mol. The minimum atomic E-state index is 0.00618. The average Bonchev–Trinajstić information content (AvgIpc) is 3.29. The molecule has 1 aliphatic carbocycles. The van der Waals surface area contributed by atoms with Gasteiger partial charge in [-0.25, -0.2) is 0 Å². The zero-order valence-electron chi connectivity index (χ0n) is 21.4. The van der Waals surface area contributed by atoms with Crippen LogP contribution in [0.15, 0.2) is 72.8 Å². The van der Waals surface area contributed by atoms with Gasteiger partial charge in [-0.05, 0) is 69.0 Å². The second kappa shape index (κ2) is 11.7. The van der Waals surface area contributed by atoms with E-state index in [1.807, 2.05) is 62.5 Å². The lowest BCUT2D eigenvalue weighted by atomic mass is 9.89. The van der Waals surface area contributed by atoms with Gasteiger partial charge >= 0.3 is 0 Å². The van der Waals surface area contributed by atoms with Gasteiger partial charge in [-0.2, -0.15) is 0 Å². The molecule has 0 saturated heterocycles. The Bertz CT molecular complexity index is 1360. The normalized spacial score (nSPS) is 17.6. The highest BCUT2D eigenvalue weighted by Crippen LogP contribution is 2.38. The first kappa shape index (κ1) is 25.8. The Hall–Kier alpha value is -2.86. The van der Waals surface area contributed by atoms with Crippen molar-refractivity contribution in [2.24, 2.45) is 0 Å². The number of hydrogen-bond acceptors (Lipinski definition) is 4. The Morgan fingerprint density at radius 1 is 1.00 bits per heavy atom. The molecular weight excluding hydrogens is 500 g/mol. The van der Waals surface area contributed by atoms with E-state index in [0.717, 1.165) is 58.2 Å². The summed E-state index contributed by atoms with van der Waals surface area (Å²) in [6, 6.07) is 25.3. The molecular formula is C31H33ClN2O2S. The van der Waals surface area contributed by atoms with Gasteiger partial charge in [-0.1, -0.05) is 66.2 Å². The van der Waals surface area contributed by atoms with Crippen LogP contribution >= 0.6 is 22.9 Å². The van der Waals surface area contributed by atoms with E-state index in [0.29, 0.717) is 29.1 Å². The molecule has 1 N–H and O–H groups in total. The smallest absolute Gasteiger partial charge is 0.266 e. The Morgan fingerprint density at radius 2 is 1.73 bits per heavy atom. The van der Waals surface area contributed by atoms with E-state index in [1.54, 1.807) is 0 Å². The number of thiophene rings is 1. The topological polar surface area (TPSA) is 41.6 Å². The van der Waals surface area contributed by atoms with Crippen LogP contribution in [0.2, 0.25) is 5.02 Å². The predicted molar refractivity (Wildman–Crippen MR) is 155 cm³/mol. The molecule has 192 valence electrons. The van der Waals surface area contributed by atoms with Crippen LogP contribution in [0.3, 0.4) is 0 Å². The molecule has 5 rings (SSSR count). The van der Waals surface area contributed by atoms with E-state index in [4.69, 9.17) is 16.3 Å². The van der Waals surface area contributed by atoms with Crippen molar-refractivity contribution in [3.63, 3.8) is 0 Å². The predicted octanol–water partition coefficient (Wildman–Crippen LogP) is 7.79. The first-order chi connectivity index (χ1) is 18.1. The van der Waals surface area contributed by atoms with Crippen LogP contribution in [0.4, 0.5) is 0 Å². The molecule has 1 aliphatic rings. The molecule has 37 heavy (non-hydrogen) atoms. The minimum absolute atomic E-state index is 0.00618. The van der Waals surface area contributed by atoms with Crippen LogP contribution in [0.25, 0.3) is 21.2 Å². The molecule has 1 heterocycles. The first-order valence-electron chi connectivity index (χ1n) is 13.1. The lowest BCUT2D eigenvalue weighted by Crippen LogP contribution is -2.44. The molecule has 0 spiro atoms. The van der Waals surface area contributed by atoms with E-state index in [1.165, 1.54) is 11.3 Å². The standard InChI is InChI=1S/C31H33ClN2O2S/c1-3-36-27-18-13-22(21-9-5-4-6-10-21)19-23(27)20-34(25-16-14-24(33-2)15-17-25)31(35)30-29(32)26-11-7-8-12-28(26)37-30/h4-13,18-19,24-25,33H,3,14-17,20H2,1-2H3. The number of benzene rings is 3. The van der Waals surface area contributed by atoms with Crippen molar-refractivity contribution in [3.05, 3.63) is 88.3 Å². The minimum Gasteiger partial charge on any atom is -0.494 e. The molecule has 0 unspecified atom stereocenters. The number of hydrogen-bond donors (Lipinski definition) is 1. The number of amides is 1. The third-order valence-corrected chi connectivity index (χ3v) is 9.01. The lowest BCUT2D eigenvalue weighted by molar-refractivity contribution is 0.0604. The highest BCUT2D eigenvalue weighted by atomic mass is 35.5. The molecule has 1 aromatic heterocycles. The Labute approximate surface area is 228 Å². The summed E-state index contributed by atoms with van der Waals surface area (Å²) in [7, 11) is 2.02.